The maximum Gasteiger partial charge on any atom is 0.0803 e. The van der Waals surface area contributed by atoms with Crippen LogP contribution in [0, 0.1) is 11.3 Å². The van der Waals surface area contributed by atoms with Crippen LogP contribution in [0.15, 0.2) is 27.7 Å². The van der Waals surface area contributed by atoms with Crippen molar-refractivity contribution in [2.75, 3.05) is 0 Å². The molecule has 0 bridgehead atoms. The maximum absolute atomic E-state index is 7.64. The Morgan fingerprint density at radius 1 is 1.47 bits per heavy atom. The van der Waals surface area contributed by atoms with Gasteiger partial charge in [-0.15, -0.1) is 0 Å². The molecule has 2 aliphatic rings. The van der Waals surface area contributed by atoms with Crippen molar-refractivity contribution in [3.05, 3.63) is 22.8 Å². The van der Waals surface area contributed by atoms with Gasteiger partial charge in [0.25, 0.3) is 0 Å². The molecule has 0 spiro atoms. The summed E-state index contributed by atoms with van der Waals surface area (Å²) < 4.78 is 0. The smallest absolute Gasteiger partial charge is 0.0803 e. The quantitative estimate of drug-likeness (QED) is 0.611. The second-order valence-corrected chi connectivity index (χ2v) is 5.33. The fourth-order valence-electron chi connectivity index (χ4n) is 2.32. The maximum atomic E-state index is 7.64. The van der Waals surface area contributed by atoms with Crippen LogP contribution in [-0.4, -0.2) is 17.0 Å². The molecule has 1 atom stereocenters. The van der Waals surface area contributed by atoms with Gasteiger partial charge in [-0.25, -0.2) is 0 Å². The molecule has 80 valence electrons. The van der Waals surface area contributed by atoms with Crippen LogP contribution in [0.4, 0.5) is 0 Å². The van der Waals surface area contributed by atoms with Crippen molar-refractivity contribution < 1.29 is 0 Å². The molecule has 1 heterocycles. The molecule has 1 aliphatic heterocycles. The Morgan fingerprint density at radius 2 is 2.13 bits per heavy atom. The number of allylic oxidation sites excluding steroid dienone is 4. The lowest BCUT2D eigenvalue weighted by Gasteiger charge is -2.34. The highest BCUT2D eigenvalue weighted by molar-refractivity contribution is 6.49. The molecular formula is C12H15ClN2. The number of rotatable bonds is 0. The molecular weight excluding hydrogens is 208 g/mol. The Labute approximate surface area is 95.2 Å². The van der Waals surface area contributed by atoms with Gasteiger partial charge >= 0.3 is 0 Å². The first-order chi connectivity index (χ1) is 6.89. The van der Waals surface area contributed by atoms with E-state index >= 15 is 0 Å². The van der Waals surface area contributed by atoms with Gasteiger partial charge in [0.1, 0.15) is 0 Å². The average Bonchev–Trinajstić information content (AvgIpc) is 2.06. The normalized spacial score (nSPS) is 28.9. The summed E-state index contributed by atoms with van der Waals surface area (Å²) in [5.41, 5.74) is 2.43. The van der Waals surface area contributed by atoms with Crippen LogP contribution in [0.1, 0.15) is 27.2 Å². The van der Waals surface area contributed by atoms with Crippen molar-refractivity contribution in [3.63, 3.8) is 0 Å². The van der Waals surface area contributed by atoms with Crippen molar-refractivity contribution in [3.8, 4) is 0 Å². The minimum Gasteiger partial charge on any atom is -0.301 e. The van der Waals surface area contributed by atoms with Crippen LogP contribution >= 0.6 is 11.6 Å². The van der Waals surface area contributed by atoms with Crippen LogP contribution in [0.5, 0.6) is 0 Å². The minimum absolute atomic E-state index is 0.0421. The van der Waals surface area contributed by atoms with Crippen LogP contribution < -0.4 is 0 Å². The molecule has 0 aromatic heterocycles. The Bertz CT molecular complexity index is 413. The van der Waals surface area contributed by atoms with Gasteiger partial charge in [-0.05, 0) is 43.9 Å². The zero-order valence-electron chi connectivity index (χ0n) is 9.26. The molecule has 0 radical (unpaired) electrons. The van der Waals surface area contributed by atoms with Gasteiger partial charge in [0.2, 0.25) is 0 Å². The molecule has 1 unspecified atom stereocenters. The number of aliphatic imine (C=N–C) groups is 1. The largest absolute Gasteiger partial charge is 0.301 e. The van der Waals surface area contributed by atoms with Gasteiger partial charge in [0, 0.05) is 0 Å². The summed E-state index contributed by atoms with van der Waals surface area (Å²) in [5.74, 6) is 0.426. The molecule has 2 rings (SSSR count). The van der Waals surface area contributed by atoms with Crippen LogP contribution in [0.25, 0.3) is 0 Å². The number of hydrogen-bond donors (Lipinski definition) is 1. The molecule has 0 saturated carbocycles. The predicted octanol–water partition coefficient (Wildman–Crippen LogP) is 3.33. The number of halogens is 1. The van der Waals surface area contributed by atoms with Gasteiger partial charge in [0.05, 0.1) is 22.0 Å². The van der Waals surface area contributed by atoms with E-state index < -0.39 is 0 Å². The number of hydrogen-bond acceptors (Lipinski definition) is 2. The summed E-state index contributed by atoms with van der Waals surface area (Å²) in [6, 6.07) is 0. The second kappa shape index (κ2) is 3.31. The lowest BCUT2D eigenvalue weighted by molar-refractivity contribution is 0.406. The lowest BCUT2D eigenvalue weighted by Crippen LogP contribution is -2.32. The molecule has 0 fully saturated rings. The van der Waals surface area contributed by atoms with E-state index in [4.69, 9.17) is 17.0 Å². The first kappa shape index (κ1) is 10.6. The molecule has 1 N–H and O–H groups in total. The molecule has 0 aromatic rings. The zero-order chi connectivity index (χ0) is 11.2. The number of nitrogens with zero attached hydrogens (tertiary/aromatic N) is 1. The zero-order valence-corrected chi connectivity index (χ0v) is 10.0. The van der Waals surface area contributed by atoms with Crippen molar-refractivity contribution in [2.24, 2.45) is 10.9 Å². The van der Waals surface area contributed by atoms with Gasteiger partial charge in [-0.1, -0.05) is 18.5 Å². The summed E-state index contributed by atoms with van der Waals surface area (Å²) >= 11 is 6.13. The summed E-state index contributed by atoms with van der Waals surface area (Å²) in [7, 11) is 0. The minimum atomic E-state index is -0.0421. The van der Waals surface area contributed by atoms with E-state index in [1.807, 2.05) is 6.08 Å². The first-order valence-electron chi connectivity index (χ1n) is 5.17. The molecule has 3 heteroatoms. The monoisotopic (exact) mass is 222 g/mol. The van der Waals surface area contributed by atoms with Crippen molar-refractivity contribution in [1.82, 2.24) is 0 Å². The number of fused-ring (bicyclic) bond motifs is 1. The fraction of sp³-hybridized carbons (Fsp3) is 0.500. The Hall–Kier alpha value is -0.890. The SMILES string of the molecule is CC1CC(C)(C)N=C2C(Cl)=CC(=N)C=C21. The third kappa shape index (κ3) is 1.91. The number of nitrogens with one attached hydrogen (secondary N) is 1. The van der Waals surface area contributed by atoms with Crippen molar-refractivity contribution >= 4 is 23.0 Å². The second-order valence-electron chi connectivity index (χ2n) is 4.93. The van der Waals surface area contributed by atoms with Gasteiger partial charge < -0.3 is 5.41 Å². The molecule has 2 nitrogen and oxygen atoms in total. The summed E-state index contributed by atoms with van der Waals surface area (Å²) in [6.07, 6.45) is 4.56. The predicted molar refractivity (Wildman–Crippen MR) is 65.0 cm³/mol. The van der Waals surface area contributed by atoms with Gasteiger partial charge in [-0.3, -0.25) is 4.99 Å². The van der Waals surface area contributed by atoms with E-state index in [-0.39, 0.29) is 5.54 Å². The van der Waals surface area contributed by atoms with Crippen LogP contribution in [-0.2, 0) is 0 Å². The Morgan fingerprint density at radius 3 is 2.80 bits per heavy atom. The van der Waals surface area contributed by atoms with Crippen LogP contribution in [0.2, 0.25) is 0 Å². The third-order valence-electron chi connectivity index (χ3n) is 2.84. The topological polar surface area (TPSA) is 36.2 Å². The van der Waals surface area contributed by atoms with Gasteiger partial charge in [0.15, 0.2) is 0 Å². The fourth-order valence-corrected chi connectivity index (χ4v) is 2.59. The van der Waals surface area contributed by atoms with E-state index in [0.717, 1.165) is 17.7 Å². The average molecular weight is 223 g/mol. The van der Waals surface area contributed by atoms with E-state index in [1.54, 1.807) is 6.08 Å². The Balaban J connectivity index is 2.53. The summed E-state index contributed by atoms with van der Waals surface area (Å²) in [6.45, 7) is 6.42. The van der Waals surface area contributed by atoms with E-state index in [2.05, 4.69) is 25.8 Å². The highest BCUT2D eigenvalue weighted by Crippen LogP contribution is 2.36. The molecule has 15 heavy (non-hydrogen) atoms. The molecule has 0 aromatic carbocycles. The first-order valence-corrected chi connectivity index (χ1v) is 5.55. The standard InChI is InChI=1S/C12H15ClN2/c1-7-6-12(2,3)15-11-9(7)4-8(14)5-10(11)13/h4-5,7,14H,6H2,1-3H3. The lowest BCUT2D eigenvalue weighted by atomic mass is 9.79. The van der Waals surface area contributed by atoms with E-state index in [0.29, 0.717) is 16.7 Å². The summed E-state index contributed by atoms with van der Waals surface area (Å²) in [4.78, 5) is 4.65. The molecule has 0 saturated heterocycles. The summed E-state index contributed by atoms with van der Waals surface area (Å²) in [5, 5.41) is 8.25. The van der Waals surface area contributed by atoms with Crippen molar-refractivity contribution in [1.29, 1.82) is 5.41 Å². The third-order valence-corrected chi connectivity index (χ3v) is 3.13. The highest BCUT2D eigenvalue weighted by atomic mass is 35.5. The highest BCUT2D eigenvalue weighted by Gasteiger charge is 2.33. The van der Waals surface area contributed by atoms with E-state index in [1.165, 1.54) is 0 Å². The molecule has 0 amide bonds. The molecule has 1 aliphatic carbocycles. The van der Waals surface area contributed by atoms with E-state index in [9.17, 15) is 0 Å². The Kier molecular flexibility index (Phi) is 2.34. The van der Waals surface area contributed by atoms with Crippen molar-refractivity contribution in [2.45, 2.75) is 32.7 Å². The van der Waals surface area contributed by atoms with Crippen LogP contribution in [0.3, 0.4) is 0 Å². The van der Waals surface area contributed by atoms with Gasteiger partial charge in [-0.2, -0.15) is 0 Å².